The third-order valence-electron chi connectivity index (χ3n) is 1.63. The summed E-state index contributed by atoms with van der Waals surface area (Å²) in [6.07, 6.45) is 1.42. The van der Waals surface area contributed by atoms with E-state index in [1.54, 1.807) is 0 Å². The Morgan fingerprint density at radius 1 is 0.750 bits per heavy atom. The van der Waals surface area contributed by atoms with Gasteiger partial charge in [0.2, 0.25) is 0 Å². The zero-order valence-electron chi connectivity index (χ0n) is 9.91. The molecule has 0 amide bonds. The summed E-state index contributed by atoms with van der Waals surface area (Å²) >= 11 is 0. The fraction of sp³-hybridized carbons (Fsp3) is 0.889. The van der Waals surface area contributed by atoms with Crippen molar-refractivity contribution < 1.29 is 3.75 Å². The average molecular weight is 204 g/mol. The molecule has 0 N–H and O–H groups in total. The first kappa shape index (κ1) is 12.4. The van der Waals surface area contributed by atoms with Crippen LogP contribution in [0.5, 0.6) is 0 Å². The zero-order valence-corrected chi connectivity index (χ0v) is 11.9. The van der Waals surface area contributed by atoms with Crippen LogP contribution in [0.25, 0.3) is 0 Å². The molecule has 0 heterocycles. The molecule has 0 radical (unpaired) electrons. The van der Waals surface area contributed by atoms with Gasteiger partial charge < -0.3 is 3.75 Å². The summed E-state index contributed by atoms with van der Waals surface area (Å²) in [4.78, 5) is 0. The molecule has 0 spiro atoms. The molecule has 0 saturated heterocycles. The van der Waals surface area contributed by atoms with E-state index in [2.05, 4.69) is 56.9 Å². The quantitative estimate of drug-likeness (QED) is 0.374. The van der Waals surface area contributed by atoms with Gasteiger partial charge in [0.05, 0.1) is 0 Å². The molecule has 1 nitrogen and oxygen atoms in total. The molecule has 0 rings (SSSR count). The Kier molecular flexibility index (Phi) is 3.76. The average Bonchev–Trinajstić information content (AvgIpc) is 1.49. The van der Waals surface area contributed by atoms with E-state index < -0.39 is 16.6 Å². The van der Waals surface area contributed by atoms with Crippen molar-refractivity contribution in [3.05, 3.63) is 6.10 Å². The summed E-state index contributed by atoms with van der Waals surface area (Å²) in [7, 11) is -2.42. The molecule has 0 aliphatic rings. The Bertz CT molecular complexity index is 128. The molecule has 12 heavy (non-hydrogen) atoms. The largest absolute Gasteiger partial charge is 0.769 e. The molecule has 3 heteroatoms. The molecule has 0 aromatic carbocycles. The van der Waals surface area contributed by atoms with Crippen LogP contribution in [0.4, 0.5) is 0 Å². The second-order valence-electron chi connectivity index (χ2n) is 5.44. The van der Waals surface area contributed by atoms with E-state index in [4.69, 9.17) is 0 Å². The normalized spacial score (nSPS) is 14.5. The molecule has 0 fully saturated rings. The number of hydrogen-bond donors (Lipinski definition) is 0. The number of hydrogen-bond acceptors (Lipinski definition) is 0. The standard InChI is InChI=1S/C9H24OSi2/c1-9(2)10(11(3,4)5)12(6,7)8/h1-8H3. The van der Waals surface area contributed by atoms with E-state index >= 15 is 0 Å². The Balaban J connectivity index is 4.70. The molecule has 0 unspecified atom stereocenters. The van der Waals surface area contributed by atoms with E-state index in [-0.39, 0.29) is 0 Å². The van der Waals surface area contributed by atoms with Crippen LogP contribution in [0.2, 0.25) is 39.3 Å². The van der Waals surface area contributed by atoms with Gasteiger partial charge in [0, 0.05) is 0 Å². The van der Waals surface area contributed by atoms with Crippen LogP contribution in [0, 0.1) is 6.10 Å². The topological polar surface area (TPSA) is 2.70 Å². The van der Waals surface area contributed by atoms with E-state index in [9.17, 15) is 0 Å². The SMILES string of the molecule is C[C-](C)[O+]([Si](C)(C)C)[Si](C)(C)C. The summed E-state index contributed by atoms with van der Waals surface area (Å²) in [5.74, 6) is 0. The molecule has 0 aliphatic heterocycles. The van der Waals surface area contributed by atoms with Crippen molar-refractivity contribution in [2.45, 2.75) is 53.1 Å². The van der Waals surface area contributed by atoms with Crippen molar-refractivity contribution >= 4 is 16.6 Å². The van der Waals surface area contributed by atoms with E-state index in [1.165, 1.54) is 6.10 Å². The van der Waals surface area contributed by atoms with Crippen molar-refractivity contribution in [2.75, 3.05) is 0 Å². The highest BCUT2D eigenvalue weighted by Crippen LogP contribution is 2.31. The van der Waals surface area contributed by atoms with Gasteiger partial charge in [-0.25, -0.2) is 0 Å². The second kappa shape index (κ2) is 3.64. The van der Waals surface area contributed by atoms with Crippen LogP contribution in [-0.2, 0) is 3.75 Å². The predicted molar refractivity (Wildman–Crippen MR) is 62.4 cm³/mol. The highest BCUT2D eigenvalue weighted by molar-refractivity contribution is 6.85. The van der Waals surface area contributed by atoms with Crippen LogP contribution < -0.4 is 0 Å². The van der Waals surface area contributed by atoms with Gasteiger partial charge in [0.15, 0.2) is 0 Å². The third kappa shape index (κ3) is 3.41. The van der Waals surface area contributed by atoms with Crippen LogP contribution in [0.15, 0.2) is 0 Å². The molecule has 0 atom stereocenters. The van der Waals surface area contributed by atoms with Gasteiger partial charge in [-0.1, -0.05) is 6.10 Å². The molecule has 0 bridgehead atoms. The Labute approximate surface area is 80.1 Å². The van der Waals surface area contributed by atoms with Gasteiger partial charge >= 0.3 is 16.6 Å². The lowest BCUT2D eigenvalue weighted by Gasteiger charge is -2.55. The number of rotatable bonds is 3. The predicted octanol–water partition coefficient (Wildman–Crippen LogP) is 3.78. The molecule has 0 aromatic rings. The van der Waals surface area contributed by atoms with Crippen LogP contribution in [0.1, 0.15) is 13.8 Å². The van der Waals surface area contributed by atoms with Gasteiger partial charge in [0.25, 0.3) is 0 Å². The summed E-state index contributed by atoms with van der Waals surface area (Å²) in [6, 6.07) is 0. The summed E-state index contributed by atoms with van der Waals surface area (Å²) in [5.41, 5.74) is 0. The molecule has 74 valence electrons. The van der Waals surface area contributed by atoms with Gasteiger partial charge in [-0.3, -0.25) is 0 Å². The van der Waals surface area contributed by atoms with Gasteiger partial charge in [0.1, 0.15) is 0 Å². The lowest BCUT2D eigenvalue weighted by molar-refractivity contribution is 0.177. The summed E-state index contributed by atoms with van der Waals surface area (Å²) in [6.45, 7) is 18.8. The van der Waals surface area contributed by atoms with Crippen LogP contribution >= 0.6 is 0 Å². The molecule has 0 aromatic heterocycles. The maximum absolute atomic E-state index is 3.62. The minimum Gasteiger partial charge on any atom is -0.769 e. The summed E-state index contributed by atoms with van der Waals surface area (Å²) < 4.78 is 3.62. The fourth-order valence-corrected chi connectivity index (χ4v) is 11.9. The minimum atomic E-state index is -1.21. The Morgan fingerprint density at radius 2 is 1.00 bits per heavy atom. The fourth-order valence-electron chi connectivity index (χ4n) is 2.14. The third-order valence-corrected chi connectivity index (χ3v) is 8.57. The van der Waals surface area contributed by atoms with Gasteiger partial charge in [-0.2, -0.15) is 0 Å². The maximum atomic E-state index is 3.62. The first-order chi connectivity index (χ1) is 5.07. The van der Waals surface area contributed by atoms with Gasteiger partial charge in [-0.05, 0) is 39.3 Å². The van der Waals surface area contributed by atoms with Crippen molar-refractivity contribution in [3.63, 3.8) is 0 Å². The molecular weight excluding hydrogens is 180 g/mol. The monoisotopic (exact) mass is 204 g/mol. The van der Waals surface area contributed by atoms with Crippen molar-refractivity contribution in [1.29, 1.82) is 0 Å². The lowest BCUT2D eigenvalue weighted by atomic mass is 10.5. The van der Waals surface area contributed by atoms with Crippen LogP contribution in [0.3, 0.4) is 0 Å². The summed E-state index contributed by atoms with van der Waals surface area (Å²) in [5, 5.41) is 0. The van der Waals surface area contributed by atoms with E-state index in [0.717, 1.165) is 0 Å². The Morgan fingerprint density at radius 3 is 1.00 bits per heavy atom. The maximum Gasteiger partial charge on any atom is 0.327 e. The minimum absolute atomic E-state index is 1.21. The first-order valence-electron chi connectivity index (χ1n) is 4.61. The highest BCUT2D eigenvalue weighted by atomic mass is 28.4. The Hall–Kier alpha value is 0.394. The smallest absolute Gasteiger partial charge is 0.327 e. The van der Waals surface area contributed by atoms with Crippen LogP contribution in [-0.4, -0.2) is 16.6 Å². The zero-order chi connectivity index (χ0) is 10.2. The van der Waals surface area contributed by atoms with Gasteiger partial charge in [-0.15, -0.1) is 13.8 Å². The van der Waals surface area contributed by atoms with E-state index in [1.807, 2.05) is 0 Å². The van der Waals surface area contributed by atoms with E-state index in [0.29, 0.717) is 0 Å². The molecule has 0 saturated carbocycles. The van der Waals surface area contributed by atoms with Crippen molar-refractivity contribution in [2.24, 2.45) is 0 Å². The first-order valence-corrected chi connectivity index (χ1v) is 11.4. The van der Waals surface area contributed by atoms with Crippen molar-refractivity contribution in [3.8, 4) is 0 Å². The van der Waals surface area contributed by atoms with Crippen molar-refractivity contribution in [1.82, 2.24) is 0 Å². The second-order valence-corrected chi connectivity index (χ2v) is 15.1. The molecule has 0 aliphatic carbocycles. The lowest BCUT2D eigenvalue weighted by Crippen LogP contribution is -2.52. The highest BCUT2D eigenvalue weighted by Gasteiger charge is 2.38. The molecular formula is C9H24OSi2.